The smallest absolute Gasteiger partial charge is 0.164 e. The van der Waals surface area contributed by atoms with E-state index in [1.54, 1.807) is 0 Å². The van der Waals surface area contributed by atoms with Gasteiger partial charge in [0, 0.05) is 38.3 Å². The number of benzene rings is 7. The van der Waals surface area contributed by atoms with Crippen molar-refractivity contribution in [2.45, 2.75) is 19.3 Å². The van der Waals surface area contributed by atoms with Gasteiger partial charge in [-0.3, -0.25) is 0 Å². The molecule has 1 aliphatic rings. The Kier molecular flexibility index (Phi) is 6.19. The lowest BCUT2D eigenvalue weighted by Crippen LogP contribution is -2.15. The second kappa shape index (κ2) is 10.8. The number of rotatable bonds is 4. The monoisotopic (exact) mass is 641 g/mol. The molecule has 0 radical (unpaired) electrons. The average molecular weight is 642 g/mol. The van der Waals surface area contributed by atoms with Crippen LogP contribution in [0.5, 0.6) is 0 Å². The van der Waals surface area contributed by atoms with Crippen molar-refractivity contribution in [2.24, 2.45) is 0 Å². The largest absolute Gasteiger partial charge is 0.455 e. The summed E-state index contributed by atoms with van der Waals surface area (Å²) in [5, 5.41) is 4.15. The minimum Gasteiger partial charge on any atom is -0.455 e. The summed E-state index contributed by atoms with van der Waals surface area (Å²) in [6.07, 6.45) is 0. The summed E-state index contributed by atoms with van der Waals surface area (Å²) in [6.45, 7) is 4.60. The van der Waals surface area contributed by atoms with E-state index in [-0.39, 0.29) is 5.41 Å². The van der Waals surface area contributed by atoms with Gasteiger partial charge in [0.2, 0.25) is 0 Å². The van der Waals surface area contributed by atoms with Crippen LogP contribution in [0.1, 0.15) is 25.0 Å². The summed E-state index contributed by atoms with van der Waals surface area (Å²) in [6, 6.07) is 53.0. The zero-order valence-corrected chi connectivity index (χ0v) is 27.7. The maximum Gasteiger partial charge on any atom is 0.164 e. The van der Waals surface area contributed by atoms with Gasteiger partial charge in [0.05, 0.1) is 0 Å². The standard InChI is InChI=1S/C46H31N3O/c1-46(2)39-20-12-11-18-33(39)34-23-21-31(26-40(34)46)44-47-43(29-15-7-4-8-16-29)48-45(49-44)38-27-37-36-25-30(28-13-5-3-6-14-28)22-24-41(36)50-42(37)35-19-10-9-17-32(35)38/h3-27H,1-2H3. The number of furan rings is 1. The van der Waals surface area contributed by atoms with Crippen LogP contribution in [0.4, 0.5) is 0 Å². The molecular weight excluding hydrogens is 611 g/mol. The summed E-state index contributed by atoms with van der Waals surface area (Å²) >= 11 is 0. The van der Waals surface area contributed by atoms with Crippen LogP contribution < -0.4 is 0 Å². The minimum absolute atomic E-state index is 0.137. The van der Waals surface area contributed by atoms with Gasteiger partial charge in [-0.2, -0.15) is 0 Å². The van der Waals surface area contributed by atoms with E-state index in [2.05, 4.69) is 141 Å². The molecule has 0 atom stereocenters. The van der Waals surface area contributed by atoms with Crippen molar-refractivity contribution in [1.82, 2.24) is 15.0 Å². The van der Waals surface area contributed by atoms with E-state index < -0.39 is 0 Å². The molecule has 4 heteroatoms. The van der Waals surface area contributed by atoms with Gasteiger partial charge in [0.25, 0.3) is 0 Å². The van der Waals surface area contributed by atoms with Crippen LogP contribution in [0, 0.1) is 0 Å². The van der Waals surface area contributed by atoms with E-state index in [9.17, 15) is 0 Å². The predicted octanol–water partition coefficient (Wildman–Crippen LogP) is 11.9. The van der Waals surface area contributed by atoms with Crippen LogP contribution in [-0.4, -0.2) is 15.0 Å². The molecule has 9 aromatic rings. The van der Waals surface area contributed by atoms with Crippen molar-refractivity contribution in [1.29, 1.82) is 0 Å². The van der Waals surface area contributed by atoms with E-state index >= 15 is 0 Å². The van der Waals surface area contributed by atoms with Crippen LogP contribution in [0.3, 0.4) is 0 Å². The molecule has 0 unspecified atom stereocenters. The highest BCUT2D eigenvalue weighted by molar-refractivity contribution is 6.19. The van der Waals surface area contributed by atoms with E-state index in [4.69, 9.17) is 19.4 Å². The Morgan fingerprint density at radius 1 is 0.400 bits per heavy atom. The van der Waals surface area contributed by atoms with Gasteiger partial charge in [0.1, 0.15) is 11.2 Å². The van der Waals surface area contributed by atoms with Crippen LogP contribution in [0.2, 0.25) is 0 Å². The zero-order valence-electron chi connectivity index (χ0n) is 27.7. The third-order valence-electron chi connectivity index (χ3n) is 10.3. The average Bonchev–Trinajstić information content (AvgIpc) is 3.66. The fraction of sp³-hybridized carbons (Fsp3) is 0.0652. The van der Waals surface area contributed by atoms with Crippen molar-refractivity contribution >= 4 is 32.7 Å². The highest BCUT2D eigenvalue weighted by Gasteiger charge is 2.35. The lowest BCUT2D eigenvalue weighted by molar-refractivity contribution is 0.660. The number of nitrogens with zero attached hydrogens (tertiary/aromatic N) is 3. The van der Waals surface area contributed by atoms with E-state index in [1.807, 2.05) is 24.3 Å². The molecule has 2 heterocycles. The lowest BCUT2D eigenvalue weighted by Gasteiger charge is -2.21. The van der Waals surface area contributed by atoms with Crippen molar-refractivity contribution in [3.8, 4) is 56.4 Å². The number of aromatic nitrogens is 3. The van der Waals surface area contributed by atoms with E-state index in [0.29, 0.717) is 17.5 Å². The Labute approximate surface area is 289 Å². The van der Waals surface area contributed by atoms with Crippen molar-refractivity contribution in [3.63, 3.8) is 0 Å². The number of fused-ring (bicyclic) bond motifs is 8. The third kappa shape index (κ3) is 4.35. The summed E-state index contributed by atoms with van der Waals surface area (Å²) in [5.41, 5.74) is 11.9. The molecular formula is C46H31N3O. The third-order valence-corrected chi connectivity index (χ3v) is 10.3. The number of hydrogen-bond donors (Lipinski definition) is 0. The second-order valence-corrected chi connectivity index (χ2v) is 13.6. The maximum atomic E-state index is 6.57. The molecule has 2 aromatic heterocycles. The van der Waals surface area contributed by atoms with Crippen molar-refractivity contribution in [2.75, 3.05) is 0 Å². The van der Waals surface area contributed by atoms with Gasteiger partial charge in [-0.15, -0.1) is 0 Å². The molecule has 0 saturated carbocycles. The summed E-state index contributed by atoms with van der Waals surface area (Å²) in [5.74, 6) is 1.92. The van der Waals surface area contributed by atoms with Crippen molar-refractivity contribution < 1.29 is 4.42 Å². The van der Waals surface area contributed by atoms with Gasteiger partial charge in [-0.25, -0.2) is 15.0 Å². The topological polar surface area (TPSA) is 51.8 Å². The molecule has 1 aliphatic carbocycles. The van der Waals surface area contributed by atoms with Crippen LogP contribution in [0.25, 0.3) is 89.1 Å². The minimum atomic E-state index is -0.137. The molecule has 0 aliphatic heterocycles. The highest BCUT2D eigenvalue weighted by atomic mass is 16.3. The van der Waals surface area contributed by atoms with Gasteiger partial charge >= 0.3 is 0 Å². The van der Waals surface area contributed by atoms with Gasteiger partial charge < -0.3 is 4.42 Å². The van der Waals surface area contributed by atoms with Gasteiger partial charge in [0.15, 0.2) is 17.5 Å². The summed E-state index contributed by atoms with van der Waals surface area (Å²) in [4.78, 5) is 15.5. The Balaban J connectivity index is 1.22. The second-order valence-electron chi connectivity index (χ2n) is 13.6. The molecule has 0 N–H and O–H groups in total. The Hall–Kier alpha value is -6.39. The molecule has 0 bridgehead atoms. The molecule has 4 nitrogen and oxygen atoms in total. The molecule has 0 amide bonds. The van der Waals surface area contributed by atoms with E-state index in [1.165, 1.54) is 27.8 Å². The zero-order chi connectivity index (χ0) is 33.4. The fourth-order valence-corrected chi connectivity index (χ4v) is 7.78. The normalized spacial score (nSPS) is 13.2. The van der Waals surface area contributed by atoms with Crippen molar-refractivity contribution in [3.05, 3.63) is 163 Å². The SMILES string of the molecule is CC1(C)c2ccccc2-c2ccc(-c3nc(-c4ccccc4)nc(-c4cc5c6cc(-c7ccccc7)ccc6oc5c5ccccc45)n3)cc21. The molecule has 50 heavy (non-hydrogen) atoms. The molecule has 0 saturated heterocycles. The fourth-order valence-electron chi connectivity index (χ4n) is 7.78. The first-order valence-corrected chi connectivity index (χ1v) is 17.0. The quantitative estimate of drug-likeness (QED) is 0.192. The summed E-state index contributed by atoms with van der Waals surface area (Å²) in [7, 11) is 0. The first-order valence-electron chi connectivity index (χ1n) is 17.0. The number of hydrogen-bond acceptors (Lipinski definition) is 4. The molecule has 7 aromatic carbocycles. The highest BCUT2D eigenvalue weighted by Crippen LogP contribution is 2.49. The Morgan fingerprint density at radius 2 is 1.02 bits per heavy atom. The van der Waals surface area contributed by atoms with Gasteiger partial charge in [-0.1, -0.05) is 141 Å². The van der Waals surface area contributed by atoms with Crippen LogP contribution >= 0.6 is 0 Å². The van der Waals surface area contributed by atoms with E-state index in [0.717, 1.165) is 55.0 Å². The lowest BCUT2D eigenvalue weighted by atomic mass is 9.82. The first kappa shape index (κ1) is 28.6. The molecule has 0 spiro atoms. The Bertz CT molecular complexity index is 2780. The molecule has 10 rings (SSSR count). The van der Waals surface area contributed by atoms with Crippen LogP contribution in [0.15, 0.2) is 156 Å². The maximum absolute atomic E-state index is 6.57. The van der Waals surface area contributed by atoms with Gasteiger partial charge in [-0.05, 0) is 63.0 Å². The van der Waals surface area contributed by atoms with Crippen LogP contribution in [-0.2, 0) is 5.41 Å². The summed E-state index contributed by atoms with van der Waals surface area (Å²) < 4.78 is 6.57. The first-order chi connectivity index (χ1) is 24.5. The Morgan fingerprint density at radius 3 is 1.82 bits per heavy atom. The molecule has 0 fully saturated rings. The predicted molar refractivity (Wildman–Crippen MR) is 204 cm³/mol. The molecule has 236 valence electrons.